The molecule has 2 aliphatic heterocycles. The van der Waals surface area contributed by atoms with E-state index in [1.54, 1.807) is 0 Å². The van der Waals surface area contributed by atoms with Crippen LogP contribution in [0, 0.1) is 17.6 Å². The Balaban J connectivity index is 1.25. The summed E-state index contributed by atoms with van der Waals surface area (Å²) in [6.07, 6.45) is 5.17. The minimum atomic E-state index is -0.921. The van der Waals surface area contributed by atoms with Gasteiger partial charge in [-0.25, -0.2) is 13.8 Å². The predicted molar refractivity (Wildman–Crippen MR) is 107 cm³/mol. The van der Waals surface area contributed by atoms with E-state index in [0.717, 1.165) is 36.2 Å². The Kier molecular flexibility index (Phi) is 4.54. The van der Waals surface area contributed by atoms with E-state index in [0.29, 0.717) is 41.3 Å². The Morgan fingerprint density at radius 2 is 1.76 bits per heavy atom. The van der Waals surface area contributed by atoms with Crippen LogP contribution in [0.25, 0.3) is 22.4 Å². The molecule has 3 N–H and O–H groups in total. The highest BCUT2D eigenvalue weighted by Gasteiger charge is 2.34. The Morgan fingerprint density at radius 1 is 1.07 bits per heavy atom. The number of anilines is 1. The van der Waals surface area contributed by atoms with Crippen LogP contribution < -0.4 is 10.6 Å². The molecule has 5 nitrogen and oxygen atoms in total. The van der Waals surface area contributed by atoms with Gasteiger partial charge in [0.05, 0.1) is 11.0 Å². The van der Waals surface area contributed by atoms with Crippen molar-refractivity contribution in [3.8, 4) is 11.4 Å². The molecule has 2 atom stereocenters. The van der Waals surface area contributed by atoms with Gasteiger partial charge < -0.3 is 15.6 Å². The standard InChI is InChI=1S/C22H22F2N4O/c23-17-10-19-20(11-18(17)24)28-22(27-19)13-1-3-14(4-2-13)26-21(29)9-12-7-15-5-6-16(8-12)25-15/h1-4,10-12,15-16,25H,5-9H2,(H,26,29)(H,27,28). The predicted octanol–water partition coefficient (Wildman–Crippen LogP) is 4.37. The zero-order chi connectivity index (χ0) is 20.0. The molecule has 0 saturated carbocycles. The summed E-state index contributed by atoms with van der Waals surface area (Å²) in [5.41, 5.74) is 2.30. The summed E-state index contributed by atoms with van der Waals surface area (Å²) in [6, 6.07) is 10.6. The molecule has 0 radical (unpaired) electrons. The van der Waals surface area contributed by atoms with E-state index in [-0.39, 0.29) is 5.91 Å². The fourth-order valence-corrected chi connectivity index (χ4v) is 4.67. The number of piperidine rings is 1. The lowest BCUT2D eigenvalue weighted by Gasteiger charge is -2.28. The second-order valence-corrected chi connectivity index (χ2v) is 8.17. The molecule has 5 rings (SSSR count). The first-order valence-electron chi connectivity index (χ1n) is 10.0. The second kappa shape index (κ2) is 7.22. The van der Waals surface area contributed by atoms with Crippen LogP contribution in [0.3, 0.4) is 0 Å². The van der Waals surface area contributed by atoms with Crippen LogP contribution in [0.4, 0.5) is 14.5 Å². The fourth-order valence-electron chi connectivity index (χ4n) is 4.67. The molecule has 1 aromatic heterocycles. The van der Waals surface area contributed by atoms with Crippen molar-refractivity contribution < 1.29 is 13.6 Å². The van der Waals surface area contributed by atoms with Gasteiger partial charge in [-0.3, -0.25) is 4.79 Å². The number of halogens is 2. The van der Waals surface area contributed by atoms with Gasteiger partial charge in [0.2, 0.25) is 5.91 Å². The van der Waals surface area contributed by atoms with Crippen molar-refractivity contribution in [1.29, 1.82) is 0 Å². The van der Waals surface area contributed by atoms with Crippen molar-refractivity contribution in [1.82, 2.24) is 15.3 Å². The normalized spacial score (nSPS) is 23.4. The van der Waals surface area contributed by atoms with E-state index in [4.69, 9.17) is 0 Å². The van der Waals surface area contributed by atoms with Gasteiger partial charge in [-0.15, -0.1) is 0 Å². The van der Waals surface area contributed by atoms with E-state index in [9.17, 15) is 13.6 Å². The number of aromatic amines is 1. The largest absolute Gasteiger partial charge is 0.338 e. The summed E-state index contributed by atoms with van der Waals surface area (Å²) in [5.74, 6) is -0.820. The third-order valence-electron chi connectivity index (χ3n) is 6.01. The van der Waals surface area contributed by atoms with Gasteiger partial charge in [-0.05, 0) is 55.9 Å². The van der Waals surface area contributed by atoms with E-state index in [1.165, 1.54) is 12.8 Å². The maximum absolute atomic E-state index is 13.4. The van der Waals surface area contributed by atoms with Crippen molar-refractivity contribution in [2.75, 3.05) is 5.32 Å². The maximum atomic E-state index is 13.4. The molecule has 2 aliphatic rings. The third-order valence-corrected chi connectivity index (χ3v) is 6.01. The number of rotatable bonds is 4. The van der Waals surface area contributed by atoms with Gasteiger partial charge in [0.15, 0.2) is 11.6 Å². The van der Waals surface area contributed by atoms with Crippen molar-refractivity contribution in [3.63, 3.8) is 0 Å². The number of nitrogens with zero attached hydrogens (tertiary/aromatic N) is 1. The first-order chi connectivity index (χ1) is 14.0. The minimum Gasteiger partial charge on any atom is -0.338 e. The first kappa shape index (κ1) is 18.2. The van der Waals surface area contributed by atoms with Gasteiger partial charge in [0.25, 0.3) is 0 Å². The molecule has 3 heterocycles. The topological polar surface area (TPSA) is 69.8 Å². The molecule has 7 heteroatoms. The molecule has 29 heavy (non-hydrogen) atoms. The molecule has 2 saturated heterocycles. The number of fused-ring (bicyclic) bond motifs is 3. The van der Waals surface area contributed by atoms with Gasteiger partial charge >= 0.3 is 0 Å². The van der Waals surface area contributed by atoms with Crippen LogP contribution in [0.15, 0.2) is 36.4 Å². The van der Waals surface area contributed by atoms with Crippen LogP contribution in [-0.2, 0) is 4.79 Å². The molecule has 3 aromatic rings. The molecule has 1 amide bonds. The van der Waals surface area contributed by atoms with Gasteiger partial charge in [0.1, 0.15) is 5.82 Å². The molecule has 2 bridgehead atoms. The number of imidazole rings is 1. The summed E-state index contributed by atoms with van der Waals surface area (Å²) < 4.78 is 26.8. The highest BCUT2D eigenvalue weighted by molar-refractivity contribution is 5.91. The van der Waals surface area contributed by atoms with E-state index < -0.39 is 11.6 Å². The maximum Gasteiger partial charge on any atom is 0.224 e. The Bertz CT molecular complexity index is 1010. The minimum absolute atomic E-state index is 0.0405. The molecule has 0 aliphatic carbocycles. The number of carbonyl (C=O) groups is 1. The molecule has 0 spiro atoms. The highest BCUT2D eigenvalue weighted by atomic mass is 19.2. The number of aromatic nitrogens is 2. The average molecular weight is 396 g/mol. The van der Waals surface area contributed by atoms with E-state index >= 15 is 0 Å². The summed E-state index contributed by atoms with van der Waals surface area (Å²) >= 11 is 0. The summed E-state index contributed by atoms with van der Waals surface area (Å²) in [5, 5.41) is 6.57. The monoisotopic (exact) mass is 396 g/mol. The van der Waals surface area contributed by atoms with Crippen molar-refractivity contribution >= 4 is 22.6 Å². The van der Waals surface area contributed by atoms with Gasteiger partial charge in [-0.2, -0.15) is 0 Å². The third kappa shape index (κ3) is 3.74. The van der Waals surface area contributed by atoms with Crippen molar-refractivity contribution in [3.05, 3.63) is 48.0 Å². The van der Waals surface area contributed by atoms with Crippen LogP contribution in [-0.4, -0.2) is 28.0 Å². The Morgan fingerprint density at radius 3 is 2.48 bits per heavy atom. The van der Waals surface area contributed by atoms with Crippen LogP contribution in [0.1, 0.15) is 32.1 Å². The molecule has 2 fully saturated rings. The van der Waals surface area contributed by atoms with Crippen LogP contribution in [0.2, 0.25) is 0 Å². The quantitative estimate of drug-likeness (QED) is 0.613. The Labute approximate surface area is 166 Å². The second-order valence-electron chi connectivity index (χ2n) is 8.17. The van der Waals surface area contributed by atoms with Crippen LogP contribution in [0.5, 0.6) is 0 Å². The fraction of sp³-hybridized carbons (Fsp3) is 0.364. The van der Waals surface area contributed by atoms with E-state index in [2.05, 4.69) is 20.6 Å². The lowest BCUT2D eigenvalue weighted by atomic mass is 9.89. The Hall–Kier alpha value is -2.80. The number of H-pyrrole nitrogens is 1. The van der Waals surface area contributed by atoms with E-state index in [1.807, 2.05) is 24.3 Å². The summed E-state index contributed by atoms with van der Waals surface area (Å²) in [7, 11) is 0. The number of amides is 1. The van der Waals surface area contributed by atoms with Gasteiger partial charge in [-0.1, -0.05) is 0 Å². The number of nitrogens with one attached hydrogen (secondary N) is 3. The van der Waals surface area contributed by atoms with Crippen molar-refractivity contribution in [2.24, 2.45) is 5.92 Å². The molecular weight excluding hydrogens is 374 g/mol. The number of hydrogen-bond acceptors (Lipinski definition) is 3. The highest BCUT2D eigenvalue weighted by Crippen LogP contribution is 2.33. The van der Waals surface area contributed by atoms with Crippen LogP contribution >= 0.6 is 0 Å². The molecular formula is C22H22F2N4O. The number of hydrogen-bond donors (Lipinski definition) is 3. The smallest absolute Gasteiger partial charge is 0.224 e. The lowest BCUT2D eigenvalue weighted by Crippen LogP contribution is -2.39. The zero-order valence-electron chi connectivity index (χ0n) is 15.8. The average Bonchev–Trinajstić information content (AvgIpc) is 3.25. The number of carbonyl (C=O) groups excluding carboxylic acids is 1. The molecule has 2 unspecified atom stereocenters. The van der Waals surface area contributed by atoms with Crippen molar-refractivity contribution in [2.45, 2.75) is 44.2 Å². The SMILES string of the molecule is O=C(CC1CC2CCC(C1)N2)Nc1ccc(-c2nc3cc(F)c(F)cc3[nH]2)cc1. The first-order valence-corrected chi connectivity index (χ1v) is 10.0. The summed E-state index contributed by atoms with van der Waals surface area (Å²) in [6.45, 7) is 0. The lowest BCUT2D eigenvalue weighted by molar-refractivity contribution is -0.117. The van der Waals surface area contributed by atoms with Gasteiger partial charge in [0, 0.05) is 41.9 Å². The molecule has 2 aromatic carbocycles. The zero-order valence-corrected chi connectivity index (χ0v) is 15.8. The summed E-state index contributed by atoms with van der Waals surface area (Å²) in [4.78, 5) is 19.7. The number of benzene rings is 2. The molecule has 150 valence electrons.